The van der Waals surface area contributed by atoms with Crippen LogP contribution in [0.2, 0.25) is 0 Å². The van der Waals surface area contributed by atoms with Crippen LogP contribution in [0.4, 0.5) is 14.5 Å². The van der Waals surface area contributed by atoms with Crippen LogP contribution < -0.4 is 5.73 Å². The standard InChI is InChI=1S/C7H6Br2F2N2/c8-1-3-2-13-6(9)4(5(3)12)7(10)11/h2,7H,1H2,(H2,12,13). The summed E-state index contributed by atoms with van der Waals surface area (Å²) in [5, 5.41) is 0.416. The number of hydrogen-bond donors (Lipinski definition) is 1. The summed E-state index contributed by atoms with van der Waals surface area (Å²) in [7, 11) is 0. The first-order valence-corrected chi connectivity index (χ1v) is 5.26. The van der Waals surface area contributed by atoms with Crippen LogP contribution in [0.15, 0.2) is 10.8 Å². The number of rotatable bonds is 2. The molecule has 0 aliphatic heterocycles. The Kier molecular flexibility index (Phi) is 3.61. The lowest BCUT2D eigenvalue weighted by Crippen LogP contribution is -2.02. The molecule has 0 spiro atoms. The predicted molar refractivity (Wildman–Crippen MR) is 53.9 cm³/mol. The lowest BCUT2D eigenvalue weighted by Gasteiger charge is -2.09. The fourth-order valence-electron chi connectivity index (χ4n) is 0.872. The minimum absolute atomic E-state index is 0.0914. The van der Waals surface area contributed by atoms with Crippen molar-refractivity contribution in [1.82, 2.24) is 4.98 Å². The van der Waals surface area contributed by atoms with Crippen molar-refractivity contribution in [2.24, 2.45) is 0 Å². The van der Waals surface area contributed by atoms with Crippen LogP contribution in [0.3, 0.4) is 0 Å². The van der Waals surface area contributed by atoms with Gasteiger partial charge in [-0.25, -0.2) is 13.8 Å². The van der Waals surface area contributed by atoms with Crippen molar-refractivity contribution in [1.29, 1.82) is 0 Å². The third-order valence-electron chi connectivity index (χ3n) is 1.55. The molecule has 0 saturated carbocycles. The molecule has 0 radical (unpaired) electrons. The lowest BCUT2D eigenvalue weighted by atomic mass is 10.2. The van der Waals surface area contributed by atoms with Gasteiger partial charge in [-0.05, 0) is 15.9 Å². The first-order valence-electron chi connectivity index (χ1n) is 3.34. The van der Waals surface area contributed by atoms with Crippen LogP contribution >= 0.6 is 31.9 Å². The first kappa shape index (κ1) is 10.8. The Morgan fingerprint density at radius 3 is 2.62 bits per heavy atom. The van der Waals surface area contributed by atoms with Gasteiger partial charge in [0.2, 0.25) is 0 Å². The Hall–Kier alpha value is -0.230. The van der Waals surface area contributed by atoms with Crippen molar-refractivity contribution in [3.05, 3.63) is 21.9 Å². The van der Waals surface area contributed by atoms with Gasteiger partial charge in [0.05, 0.1) is 5.56 Å². The smallest absolute Gasteiger partial charge is 0.268 e. The maximum atomic E-state index is 12.4. The Morgan fingerprint density at radius 2 is 2.15 bits per heavy atom. The van der Waals surface area contributed by atoms with Crippen LogP contribution in [0, 0.1) is 0 Å². The van der Waals surface area contributed by atoms with E-state index in [4.69, 9.17) is 5.73 Å². The molecule has 1 aromatic rings. The van der Waals surface area contributed by atoms with Gasteiger partial charge in [0.1, 0.15) is 4.60 Å². The van der Waals surface area contributed by atoms with Gasteiger partial charge in [0.25, 0.3) is 6.43 Å². The number of pyridine rings is 1. The van der Waals surface area contributed by atoms with Crippen LogP contribution in [-0.4, -0.2) is 4.98 Å². The van der Waals surface area contributed by atoms with Crippen LogP contribution in [0.25, 0.3) is 0 Å². The summed E-state index contributed by atoms with van der Waals surface area (Å²) >= 11 is 6.06. The van der Waals surface area contributed by atoms with Crippen molar-refractivity contribution in [2.45, 2.75) is 11.8 Å². The van der Waals surface area contributed by atoms with Gasteiger partial charge in [0, 0.05) is 22.8 Å². The number of nitrogen functional groups attached to an aromatic ring is 1. The Labute approximate surface area is 90.8 Å². The summed E-state index contributed by atoms with van der Waals surface area (Å²) < 4.78 is 25.0. The summed E-state index contributed by atoms with van der Waals surface area (Å²) in [6, 6.07) is 0. The van der Waals surface area contributed by atoms with Gasteiger partial charge in [-0.1, -0.05) is 15.9 Å². The third-order valence-corrected chi connectivity index (χ3v) is 2.79. The number of hydrogen-bond acceptors (Lipinski definition) is 2. The van der Waals surface area contributed by atoms with Crippen LogP contribution in [-0.2, 0) is 5.33 Å². The first-order chi connectivity index (χ1) is 6.07. The van der Waals surface area contributed by atoms with Gasteiger partial charge in [-0.15, -0.1) is 0 Å². The zero-order chi connectivity index (χ0) is 10.0. The van der Waals surface area contributed by atoms with E-state index in [1.807, 2.05) is 0 Å². The molecule has 13 heavy (non-hydrogen) atoms. The molecule has 6 heteroatoms. The van der Waals surface area contributed by atoms with E-state index in [2.05, 4.69) is 36.8 Å². The molecular weight excluding hydrogens is 310 g/mol. The van der Waals surface area contributed by atoms with Crippen molar-refractivity contribution >= 4 is 37.5 Å². The SMILES string of the molecule is Nc1c(CBr)cnc(Br)c1C(F)F. The largest absolute Gasteiger partial charge is 0.398 e. The van der Waals surface area contributed by atoms with Crippen molar-refractivity contribution in [3.8, 4) is 0 Å². The van der Waals surface area contributed by atoms with E-state index in [1.165, 1.54) is 6.20 Å². The monoisotopic (exact) mass is 314 g/mol. The highest BCUT2D eigenvalue weighted by molar-refractivity contribution is 9.10. The lowest BCUT2D eigenvalue weighted by molar-refractivity contribution is 0.151. The summed E-state index contributed by atoms with van der Waals surface area (Å²) in [5.41, 5.74) is 5.94. The predicted octanol–water partition coefficient (Wildman–Crippen LogP) is 3.26. The highest BCUT2D eigenvalue weighted by Crippen LogP contribution is 2.33. The van der Waals surface area contributed by atoms with Crippen LogP contribution in [0.5, 0.6) is 0 Å². The molecule has 2 nitrogen and oxygen atoms in total. The van der Waals surface area contributed by atoms with Crippen molar-refractivity contribution in [3.63, 3.8) is 0 Å². The summed E-state index contributed by atoms with van der Waals surface area (Å²) in [6.07, 6.45) is -1.15. The molecule has 0 aliphatic rings. The minimum Gasteiger partial charge on any atom is -0.398 e. The number of aromatic nitrogens is 1. The molecule has 1 aromatic heterocycles. The molecule has 0 unspecified atom stereocenters. The molecule has 0 atom stereocenters. The van der Waals surface area contributed by atoms with Gasteiger partial charge in [-0.2, -0.15) is 0 Å². The molecule has 2 N–H and O–H groups in total. The molecule has 0 aliphatic carbocycles. The maximum absolute atomic E-state index is 12.4. The number of nitrogens with zero attached hydrogens (tertiary/aromatic N) is 1. The molecule has 1 rings (SSSR count). The van der Waals surface area contributed by atoms with Gasteiger partial charge in [-0.3, -0.25) is 0 Å². The van der Waals surface area contributed by atoms with E-state index in [9.17, 15) is 8.78 Å². The van der Waals surface area contributed by atoms with Gasteiger partial charge >= 0.3 is 0 Å². The highest BCUT2D eigenvalue weighted by atomic mass is 79.9. The van der Waals surface area contributed by atoms with Crippen molar-refractivity contribution in [2.75, 3.05) is 5.73 Å². The summed E-state index contributed by atoms with van der Waals surface area (Å²) in [6.45, 7) is 0. The van der Waals surface area contributed by atoms with E-state index >= 15 is 0 Å². The van der Waals surface area contributed by atoms with E-state index in [1.54, 1.807) is 0 Å². The summed E-state index contributed by atoms with van der Waals surface area (Å²) in [5.74, 6) is 0. The number of anilines is 1. The molecule has 1 heterocycles. The fourth-order valence-corrected chi connectivity index (χ4v) is 1.81. The Balaban J connectivity index is 3.30. The molecule has 0 saturated heterocycles. The highest BCUT2D eigenvalue weighted by Gasteiger charge is 2.18. The Bertz CT molecular complexity index is 318. The molecule has 0 bridgehead atoms. The van der Waals surface area contributed by atoms with Crippen LogP contribution in [0.1, 0.15) is 17.6 Å². The molecule has 0 fully saturated rings. The number of nitrogens with two attached hydrogens (primary N) is 1. The quantitative estimate of drug-likeness (QED) is 0.672. The second-order valence-corrected chi connectivity index (χ2v) is 3.65. The molecule has 72 valence electrons. The fraction of sp³-hybridized carbons (Fsp3) is 0.286. The van der Waals surface area contributed by atoms with E-state index in [0.29, 0.717) is 10.9 Å². The molecular formula is C7H6Br2F2N2. The van der Waals surface area contributed by atoms with Gasteiger partial charge in [0.15, 0.2) is 0 Å². The number of halogens is 4. The second-order valence-electron chi connectivity index (χ2n) is 2.34. The van der Waals surface area contributed by atoms with Crippen molar-refractivity contribution < 1.29 is 8.78 Å². The zero-order valence-corrected chi connectivity index (χ0v) is 9.57. The average Bonchev–Trinajstić information content (AvgIpc) is 2.04. The second kappa shape index (κ2) is 4.32. The number of alkyl halides is 3. The minimum atomic E-state index is -2.61. The Morgan fingerprint density at radius 1 is 1.54 bits per heavy atom. The topological polar surface area (TPSA) is 38.9 Å². The van der Waals surface area contributed by atoms with E-state index in [-0.39, 0.29) is 15.9 Å². The normalized spacial score (nSPS) is 10.8. The van der Waals surface area contributed by atoms with E-state index in [0.717, 1.165) is 0 Å². The van der Waals surface area contributed by atoms with Gasteiger partial charge < -0.3 is 5.73 Å². The molecule has 0 aromatic carbocycles. The summed E-state index contributed by atoms with van der Waals surface area (Å²) in [4.78, 5) is 3.76. The zero-order valence-electron chi connectivity index (χ0n) is 6.40. The van der Waals surface area contributed by atoms with E-state index < -0.39 is 6.43 Å². The maximum Gasteiger partial charge on any atom is 0.268 e. The molecule has 0 amide bonds. The third kappa shape index (κ3) is 2.17. The average molecular weight is 316 g/mol.